The number of halogens is 1. The summed E-state index contributed by atoms with van der Waals surface area (Å²) in [5, 5.41) is 8.35. The lowest BCUT2D eigenvalue weighted by Crippen LogP contribution is -2.36. The molecular weight excluding hydrogens is 250 g/mol. The summed E-state index contributed by atoms with van der Waals surface area (Å²) in [5.74, 6) is 0.397. The van der Waals surface area contributed by atoms with Gasteiger partial charge in [-0.05, 0) is 19.4 Å². The Hall–Kier alpha value is -0.580. The minimum absolute atomic E-state index is 0.0524. The van der Waals surface area contributed by atoms with Crippen molar-refractivity contribution >= 4 is 11.6 Å². The van der Waals surface area contributed by atoms with Gasteiger partial charge in [-0.1, -0.05) is 32.4 Å². The van der Waals surface area contributed by atoms with E-state index < -0.39 is 0 Å². The van der Waals surface area contributed by atoms with Crippen molar-refractivity contribution < 1.29 is 4.74 Å². The van der Waals surface area contributed by atoms with E-state index in [0.717, 1.165) is 18.7 Å². The summed E-state index contributed by atoms with van der Waals surface area (Å²) in [6.45, 7) is 7.29. The van der Waals surface area contributed by atoms with Crippen molar-refractivity contribution in [3.05, 3.63) is 16.9 Å². The summed E-state index contributed by atoms with van der Waals surface area (Å²) < 4.78 is 7.58. The van der Waals surface area contributed by atoms with E-state index in [9.17, 15) is 0 Å². The summed E-state index contributed by atoms with van der Waals surface area (Å²) in [4.78, 5) is 0. The van der Waals surface area contributed by atoms with Gasteiger partial charge in [0.05, 0.1) is 29.1 Å². The lowest BCUT2D eigenvalue weighted by atomic mass is 9.97. The van der Waals surface area contributed by atoms with Crippen LogP contribution in [-0.2, 0) is 11.3 Å². The Kier molecular flexibility index (Phi) is 6.12. The van der Waals surface area contributed by atoms with Gasteiger partial charge in [-0.15, -0.1) is 0 Å². The highest BCUT2D eigenvalue weighted by Crippen LogP contribution is 2.29. The molecule has 0 aliphatic rings. The Balaban J connectivity index is 3.10. The van der Waals surface area contributed by atoms with Crippen molar-refractivity contribution in [1.29, 1.82) is 0 Å². The van der Waals surface area contributed by atoms with Crippen molar-refractivity contribution in [2.75, 3.05) is 14.2 Å². The van der Waals surface area contributed by atoms with Crippen LogP contribution < -0.4 is 5.32 Å². The van der Waals surface area contributed by atoms with Gasteiger partial charge in [0.2, 0.25) is 0 Å². The van der Waals surface area contributed by atoms with Crippen molar-refractivity contribution in [3.8, 4) is 0 Å². The highest BCUT2D eigenvalue weighted by Gasteiger charge is 2.29. The van der Waals surface area contributed by atoms with Crippen LogP contribution in [0.4, 0.5) is 0 Å². The zero-order valence-corrected chi connectivity index (χ0v) is 12.7. The normalized spacial score (nSPS) is 15.1. The maximum absolute atomic E-state index is 6.28. The maximum Gasteiger partial charge on any atom is 0.0835 e. The smallest absolute Gasteiger partial charge is 0.0835 e. The molecule has 1 aromatic heterocycles. The summed E-state index contributed by atoms with van der Waals surface area (Å²) in [5.41, 5.74) is 1.02. The molecule has 0 amide bonds. The monoisotopic (exact) mass is 273 g/mol. The molecule has 5 heteroatoms. The molecule has 1 heterocycles. The van der Waals surface area contributed by atoms with E-state index in [0.29, 0.717) is 10.9 Å². The second kappa shape index (κ2) is 7.12. The number of ether oxygens (including phenoxy) is 1. The summed E-state index contributed by atoms with van der Waals surface area (Å²) >= 11 is 6.28. The lowest BCUT2D eigenvalue weighted by Gasteiger charge is -2.29. The van der Waals surface area contributed by atoms with Crippen molar-refractivity contribution in [2.24, 2.45) is 5.92 Å². The molecule has 0 saturated carbocycles. The predicted molar refractivity (Wildman–Crippen MR) is 75.0 cm³/mol. The third-order valence-corrected chi connectivity index (χ3v) is 3.42. The van der Waals surface area contributed by atoms with E-state index in [2.05, 4.69) is 31.2 Å². The van der Waals surface area contributed by atoms with Gasteiger partial charge in [0.25, 0.3) is 0 Å². The zero-order chi connectivity index (χ0) is 13.7. The van der Waals surface area contributed by atoms with Crippen LogP contribution >= 0.6 is 11.6 Å². The molecule has 1 rings (SSSR count). The molecule has 1 aromatic rings. The first-order valence-electron chi connectivity index (χ1n) is 6.48. The number of methoxy groups -OCH3 is 1. The third-order valence-electron chi connectivity index (χ3n) is 3.13. The lowest BCUT2D eigenvalue weighted by molar-refractivity contribution is 0.0323. The molecule has 0 saturated heterocycles. The van der Waals surface area contributed by atoms with Gasteiger partial charge in [-0.3, -0.25) is 4.68 Å². The Morgan fingerprint density at radius 2 is 2.17 bits per heavy atom. The van der Waals surface area contributed by atoms with Gasteiger partial charge in [0, 0.05) is 13.7 Å². The SMILES string of the molecule is CCCn1ncc(Cl)c1C(NC)C(OC)C(C)C. The first-order valence-corrected chi connectivity index (χ1v) is 6.85. The zero-order valence-electron chi connectivity index (χ0n) is 11.9. The minimum Gasteiger partial charge on any atom is -0.379 e. The van der Waals surface area contributed by atoms with Crippen molar-refractivity contribution in [1.82, 2.24) is 15.1 Å². The third kappa shape index (κ3) is 3.25. The largest absolute Gasteiger partial charge is 0.379 e. The van der Waals surface area contributed by atoms with Crippen LogP contribution in [0.2, 0.25) is 5.02 Å². The summed E-state index contributed by atoms with van der Waals surface area (Å²) in [6.07, 6.45) is 2.81. The number of nitrogens with zero attached hydrogens (tertiary/aromatic N) is 2. The van der Waals surface area contributed by atoms with E-state index in [1.807, 2.05) is 11.7 Å². The van der Waals surface area contributed by atoms with Gasteiger partial charge >= 0.3 is 0 Å². The number of likely N-dealkylation sites (N-methyl/N-ethyl adjacent to an activating group) is 1. The summed E-state index contributed by atoms with van der Waals surface area (Å²) in [7, 11) is 3.67. The molecule has 0 bridgehead atoms. The molecule has 0 fully saturated rings. The molecule has 0 aliphatic carbocycles. The van der Waals surface area contributed by atoms with E-state index in [1.165, 1.54) is 0 Å². The molecule has 0 radical (unpaired) electrons. The Labute approximate surface area is 115 Å². The second-order valence-corrected chi connectivity index (χ2v) is 5.22. The van der Waals surface area contributed by atoms with Crippen LogP contribution in [-0.4, -0.2) is 30.0 Å². The Morgan fingerprint density at radius 1 is 1.50 bits per heavy atom. The molecule has 0 aromatic carbocycles. The highest BCUT2D eigenvalue weighted by molar-refractivity contribution is 6.31. The summed E-state index contributed by atoms with van der Waals surface area (Å²) in [6, 6.07) is 0.0524. The van der Waals surface area contributed by atoms with Crippen LogP contribution in [0.5, 0.6) is 0 Å². The number of hydrogen-bond acceptors (Lipinski definition) is 3. The molecule has 0 spiro atoms. The quantitative estimate of drug-likeness (QED) is 0.830. The van der Waals surface area contributed by atoms with E-state index in [-0.39, 0.29) is 12.1 Å². The van der Waals surface area contributed by atoms with Gasteiger partial charge < -0.3 is 10.1 Å². The average molecular weight is 274 g/mol. The fourth-order valence-corrected chi connectivity index (χ4v) is 2.58. The molecular formula is C13H24ClN3O. The topological polar surface area (TPSA) is 39.1 Å². The number of rotatable bonds is 7. The second-order valence-electron chi connectivity index (χ2n) is 4.81. The first kappa shape index (κ1) is 15.5. The number of aromatic nitrogens is 2. The molecule has 104 valence electrons. The molecule has 2 atom stereocenters. The molecule has 4 nitrogen and oxygen atoms in total. The fraction of sp³-hybridized carbons (Fsp3) is 0.769. The Bertz CT molecular complexity index is 365. The number of hydrogen-bond donors (Lipinski definition) is 1. The van der Waals surface area contributed by atoms with E-state index >= 15 is 0 Å². The molecule has 18 heavy (non-hydrogen) atoms. The molecule has 1 N–H and O–H groups in total. The number of aryl methyl sites for hydroxylation is 1. The highest BCUT2D eigenvalue weighted by atomic mass is 35.5. The number of nitrogens with one attached hydrogen (secondary N) is 1. The van der Waals surface area contributed by atoms with Crippen LogP contribution in [0.15, 0.2) is 6.20 Å². The van der Waals surface area contributed by atoms with E-state index in [1.54, 1.807) is 13.3 Å². The van der Waals surface area contributed by atoms with Gasteiger partial charge in [-0.2, -0.15) is 5.10 Å². The van der Waals surface area contributed by atoms with Crippen molar-refractivity contribution in [3.63, 3.8) is 0 Å². The van der Waals surface area contributed by atoms with Crippen molar-refractivity contribution in [2.45, 2.75) is 45.9 Å². The molecule has 0 aliphatic heterocycles. The van der Waals surface area contributed by atoms with Gasteiger partial charge in [0.1, 0.15) is 0 Å². The average Bonchev–Trinajstić information content (AvgIpc) is 2.68. The van der Waals surface area contributed by atoms with Crippen LogP contribution in [0, 0.1) is 5.92 Å². The first-order chi connectivity index (χ1) is 8.56. The minimum atomic E-state index is 0.0524. The fourth-order valence-electron chi connectivity index (χ4n) is 2.32. The van der Waals surface area contributed by atoms with Gasteiger partial charge in [-0.25, -0.2) is 0 Å². The Morgan fingerprint density at radius 3 is 2.61 bits per heavy atom. The van der Waals surface area contributed by atoms with E-state index in [4.69, 9.17) is 16.3 Å². The maximum atomic E-state index is 6.28. The predicted octanol–water partition coefficient (Wildman–Crippen LogP) is 2.88. The van der Waals surface area contributed by atoms with Crippen LogP contribution in [0.3, 0.4) is 0 Å². The van der Waals surface area contributed by atoms with Gasteiger partial charge in [0.15, 0.2) is 0 Å². The standard InChI is InChI=1S/C13H24ClN3O/c1-6-7-17-12(10(14)8-16-17)11(15-4)13(18-5)9(2)3/h8-9,11,13,15H,6-7H2,1-5H3. The molecule has 2 unspecified atom stereocenters. The van der Waals surface area contributed by atoms with Crippen LogP contribution in [0.1, 0.15) is 38.9 Å². The van der Waals surface area contributed by atoms with Crippen LogP contribution in [0.25, 0.3) is 0 Å².